The van der Waals surface area contributed by atoms with Crippen molar-refractivity contribution in [3.05, 3.63) is 65.5 Å². The zero-order chi connectivity index (χ0) is 18.1. The maximum Gasteiger partial charge on any atom is 0.272 e. The van der Waals surface area contributed by atoms with Crippen LogP contribution in [-0.4, -0.2) is 27.6 Å². The lowest BCUT2D eigenvalue weighted by Crippen LogP contribution is -2.31. The van der Waals surface area contributed by atoms with E-state index in [9.17, 15) is 4.79 Å². The largest absolute Gasteiger partial charge is 0.334 e. The normalized spacial score (nSPS) is 12.6. The van der Waals surface area contributed by atoms with Crippen LogP contribution in [0.3, 0.4) is 0 Å². The third kappa shape index (κ3) is 3.16. The smallest absolute Gasteiger partial charge is 0.272 e. The second kappa shape index (κ2) is 6.71. The zero-order valence-electron chi connectivity index (χ0n) is 15.5. The Morgan fingerprint density at radius 2 is 1.76 bits per heavy atom. The van der Waals surface area contributed by atoms with E-state index in [1.807, 2.05) is 38.4 Å². The van der Waals surface area contributed by atoms with Crippen LogP contribution in [0.15, 0.2) is 48.5 Å². The molecule has 4 nitrogen and oxygen atoms in total. The number of rotatable bonds is 4. The second-order valence-electron chi connectivity index (χ2n) is 6.89. The van der Waals surface area contributed by atoms with Crippen molar-refractivity contribution in [1.82, 2.24) is 14.7 Å². The third-order valence-corrected chi connectivity index (χ3v) is 4.88. The number of carbonyl (C=O) groups is 1. The molecule has 3 rings (SSSR count). The van der Waals surface area contributed by atoms with Gasteiger partial charge in [-0.15, -0.1) is 0 Å². The van der Waals surface area contributed by atoms with Gasteiger partial charge in [0.1, 0.15) is 5.69 Å². The highest BCUT2D eigenvalue weighted by molar-refractivity contribution is 5.93. The van der Waals surface area contributed by atoms with Gasteiger partial charge in [-0.25, -0.2) is 0 Å². The first kappa shape index (κ1) is 17.2. The Hall–Kier alpha value is -2.62. The first-order valence-corrected chi connectivity index (χ1v) is 8.69. The molecule has 25 heavy (non-hydrogen) atoms. The first-order chi connectivity index (χ1) is 11.9. The summed E-state index contributed by atoms with van der Waals surface area (Å²) < 4.78 is 1.68. The molecule has 0 radical (unpaired) electrons. The van der Waals surface area contributed by atoms with E-state index in [2.05, 4.69) is 50.1 Å². The molecule has 3 aromatic rings. The van der Waals surface area contributed by atoms with Gasteiger partial charge in [0.25, 0.3) is 5.91 Å². The highest BCUT2D eigenvalue weighted by Crippen LogP contribution is 2.28. The Kier molecular flexibility index (Phi) is 4.62. The minimum atomic E-state index is -0.0315. The highest BCUT2D eigenvalue weighted by atomic mass is 16.2. The van der Waals surface area contributed by atoms with Crippen LogP contribution in [0, 0.1) is 0 Å². The quantitative estimate of drug-likeness (QED) is 0.702. The molecule has 0 fully saturated rings. The van der Waals surface area contributed by atoms with E-state index in [0.717, 1.165) is 11.3 Å². The molecule has 4 heteroatoms. The number of nitrogens with zero attached hydrogens (tertiary/aromatic N) is 3. The average Bonchev–Trinajstić information content (AvgIpc) is 3.01. The monoisotopic (exact) mass is 335 g/mol. The minimum absolute atomic E-state index is 0.0117. The molecule has 0 saturated carbocycles. The van der Waals surface area contributed by atoms with E-state index in [1.54, 1.807) is 9.58 Å². The van der Waals surface area contributed by atoms with Gasteiger partial charge in [-0.2, -0.15) is 5.10 Å². The summed E-state index contributed by atoms with van der Waals surface area (Å²) >= 11 is 0. The Balaban J connectivity index is 1.94. The number of aromatic nitrogens is 2. The van der Waals surface area contributed by atoms with Crippen molar-refractivity contribution in [1.29, 1.82) is 0 Å². The Morgan fingerprint density at radius 3 is 2.44 bits per heavy atom. The number of aryl methyl sites for hydroxylation is 1. The molecular weight excluding hydrogens is 310 g/mol. The van der Waals surface area contributed by atoms with E-state index in [0.29, 0.717) is 11.6 Å². The van der Waals surface area contributed by atoms with Crippen molar-refractivity contribution in [3.63, 3.8) is 0 Å². The number of hydrogen-bond donors (Lipinski definition) is 0. The van der Waals surface area contributed by atoms with Crippen molar-refractivity contribution in [2.24, 2.45) is 7.05 Å². The number of carbonyl (C=O) groups excluding carboxylic acids is 1. The predicted octanol–water partition coefficient (Wildman–Crippen LogP) is 4.53. The van der Waals surface area contributed by atoms with Crippen LogP contribution < -0.4 is 0 Å². The molecule has 0 saturated heterocycles. The summed E-state index contributed by atoms with van der Waals surface area (Å²) in [5.74, 6) is 0.288. The standard InChI is InChI=1S/C21H25N3O/c1-14(2)19-13-20(24(5)22-19)21(25)23(4)15(3)17-12-8-10-16-9-6-7-11-18(16)17/h6-15H,1-5H3/t15-/m1/s1. The van der Waals surface area contributed by atoms with E-state index in [1.165, 1.54) is 10.8 Å². The van der Waals surface area contributed by atoms with Crippen LogP contribution in [-0.2, 0) is 7.05 Å². The van der Waals surface area contributed by atoms with Gasteiger partial charge >= 0.3 is 0 Å². The first-order valence-electron chi connectivity index (χ1n) is 8.69. The van der Waals surface area contributed by atoms with Gasteiger partial charge in [0.15, 0.2) is 0 Å². The number of benzene rings is 2. The molecule has 0 N–H and O–H groups in total. The molecular formula is C21H25N3O. The lowest BCUT2D eigenvalue weighted by molar-refractivity contribution is 0.0732. The van der Waals surface area contributed by atoms with Gasteiger partial charge in [0.2, 0.25) is 0 Å². The van der Waals surface area contributed by atoms with E-state index < -0.39 is 0 Å². The van der Waals surface area contributed by atoms with Gasteiger partial charge < -0.3 is 4.90 Å². The minimum Gasteiger partial charge on any atom is -0.334 e. The van der Waals surface area contributed by atoms with Gasteiger partial charge in [-0.3, -0.25) is 9.48 Å². The highest BCUT2D eigenvalue weighted by Gasteiger charge is 2.23. The number of fused-ring (bicyclic) bond motifs is 1. The fourth-order valence-electron chi connectivity index (χ4n) is 3.15. The van der Waals surface area contributed by atoms with Crippen LogP contribution in [0.4, 0.5) is 0 Å². The second-order valence-corrected chi connectivity index (χ2v) is 6.89. The summed E-state index contributed by atoms with van der Waals surface area (Å²) in [6.07, 6.45) is 0. The topological polar surface area (TPSA) is 38.1 Å². The Labute approximate surface area is 149 Å². The Bertz CT molecular complexity index is 905. The van der Waals surface area contributed by atoms with Gasteiger partial charge in [-0.1, -0.05) is 56.3 Å². The van der Waals surface area contributed by atoms with Crippen LogP contribution >= 0.6 is 0 Å². The van der Waals surface area contributed by atoms with E-state index in [4.69, 9.17) is 0 Å². The lowest BCUT2D eigenvalue weighted by Gasteiger charge is -2.26. The number of amides is 1. The third-order valence-electron chi connectivity index (χ3n) is 4.88. The molecule has 1 heterocycles. The van der Waals surface area contributed by atoms with Crippen molar-refractivity contribution < 1.29 is 4.79 Å². The molecule has 0 bridgehead atoms. The molecule has 0 unspecified atom stereocenters. The van der Waals surface area contributed by atoms with Crippen LogP contribution in [0.5, 0.6) is 0 Å². The summed E-state index contributed by atoms with van der Waals surface area (Å²) in [4.78, 5) is 14.8. The van der Waals surface area contributed by atoms with Crippen molar-refractivity contribution in [2.75, 3.05) is 7.05 Å². The van der Waals surface area contributed by atoms with Crippen LogP contribution in [0.1, 0.15) is 54.5 Å². The lowest BCUT2D eigenvalue weighted by atomic mass is 9.99. The van der Waals surface area contributed by atoms with Crippen molar-refractivity contribution >= 4 is 16.7 Å². The molecule has 1 amide bonds. The summed E-state index contributed by atoms with van der Waals surface area (Å²) in [5, 5.41) is 6.84. The SMILES string of the molecule is CC(C)c1cc(C(=O)N(C)[C@H](C)c2cccc3ccccc23)n(C)n1. The van der Waals surface area contributed by atoms with E-state index >= 15 is 0 Å². The molecule has 1 aromatic heterocycles. The summed E-state index contributed by atoms with van der Waals surface area (Å²) in [6, 6.07) is 16.4. The fraction of sp³-hybridized carbons (Fsp3) is 0.333. The van der Waals surface area contributed by atoms with Crippen molar-refractivity contribution in [2.45, 2.75) is 32.7 Å². The maximum absolute atomic E-state index is 13.0. The van der Waals surface area contributed by atoms with Crippen LogP contribution in [0.25, 0.3) is 10.8 Å². The zero-order valence-corrected chi connectivity index (χ0v) is 15.5. The van der Waals surface area contributed by atoms with Gasteiger partial charge in [0.05, 0.1) is 11.7 Å². The molecule has 1 atom stereocenters. The van der Waals surface area contributed by atoms with Crippen LogP contribution in [0.2, 0.25) is 0 Å². The summed E-state index contributed by atoms with van der Waals surface area (Å²) in [7, 11) is 3.69. The fourth-order valence-corrected chi connectivity index (χ4v) is 3.15. The molecule has 0 aliphatic rings. The van der Waals surface area contributed by atoms with Gasteiger partial charge in [0, 0.05) is 14.1 Å². The molecule has 0 spiro atoms. The van der Waals surface area contributed by atoms with Gasteiger partial charge in [-0.05, 0) is 35.2 Å². The summed E-state index contributed by atoms with van der Waals surface area (Å²) in [6.45, 7) is 6.23. The predicted molar refractivity (Wildman–Crippen MR) is 102 cm³/mol. The Morgan fingerprint density at radius 1 is 1.08 bits per heavy atom. The molecule has 0 aliphatic heterocycles. The van der Waals surface area contributed by atoms with Crippen molar-refractivity contribution in [3.8, 4) is 0 Å². The summed E-state index contributed by atoms with van der Waals surface area (Å²) in [5.41, 5.74) is 2.72. The number of hydrogen-bond acceptors (Lipinski definition) is 2. The molecule has 2 aromatic carbocycles. The van der Waals surface area contributed by atoms with E-state index in [-0.39, 0.29) is 11.9 Å². The maximum atomic E-state index is 13.0. The average molecular weight is 335 g/mol. The molecule has 0 aliphatic carbocycles. The molecule has 130 valence electrons.